The van der Waals surface area contributed by atoms with Gasteiger partial charge < -0.3 is 15.4 Å². The SMILES string of the molecule is CC(c1cc(S(=O)(=O)NC(=O)Nc2c3c(cc4c2CCC4)CCC3)nn1C)N1CCC1.CC(c1cc(S(=O)(=O)[N-]C(=O)Nc2c3c(cc4c2CCC4)CCC3)nn1C)N1CCC1.[Na+]. The van der Waals surface area contributed by atoms with Gasteiger partial charge in [0.2, 0.25) is 10.0 Å². The van der Waals surface area contributed by atoms with Gasteiger partial charge in [-0.1, -0.05) is 12.1 Å². The molecule has 2 aliphatic heterocycles. The van der Waals surface area contributed by atoms with Gasteiger partial charge in [0.15, 0.2) is 16.1 Å². The Kier molecular flexibility index (Phi) is 13.3. The normalized spacial score (nSPS) is 18.6. The van der Waals surface area contributed by atoms with Gasteiger partial charge in [0.05, 0.1) is 11.4 Å². The van der Waals surface area contributed by atoms with Gasteiger partial charge in [-0.3, -0.25) is 24.0 Å². The fourth-order valence-electron chi connectivity index (χ4n) is 10.3. The fraction of sp³-hybridized carbons (Fsp3) is 0.545. The van der Waals surface area contributed by atoms with Crippen molar-refractivity contribution in [3.05, 3.63) is 84.9 Å². The number of nitrogens with one attached hydrogen (secondary N) is 3. The van der Waals surface area contributed by atoms with Gasteiger partial charge >= 0.3 is 35.6 Å². The number of rotatable bonds is 10. The molecule has 0 radical (unpaired) electrons. The Balaban J connectivity index is 0.000000170. The molecule has 10 rings (SSSR count). The number of carbonyl (C=O) groups is 2. The number of nitrogens with zero attached hydrogens (tertiary/aromatic N) is 7. The first-order chi connectivity index (χ1) is 29.7. The summed E-state index contributed by atoms with van der Waals surface area (Å²) in [4.78, 5) is 30.0. The van der Waals surface area contributed by atoms with Crippen molar-refractivity contribution in [3.8, 4) is 0 Å². The van der Waals surface area contributed by atoms with Crippen LogP contribution in [-0.4, -0.2) is 84.4 Å². The number of aromatic nitrogens is 4. The summed E-state index contributed by atoms with van der Waals surface area (Å²) < 4.78 is 60.3. The summed E-state index contributed by atoms with van der Waals surface area (Å²) in [7, 11) is -4.80. The predicted molar refractivity (Wildman–Crippen MR) is 236 cm³/mol. The summed E-state index contributed by atoms with van der Waals surface area (Å²) in [6.07, 6.45) is 14.3. The van der Waals surface area contributed by atoms with Crippen LogP contribution in [0.4, 0.5) is 21.0 Å². The molecule has 0 bridgehead atoms. The average molecular weight is 909 g/mol. The number of carbonyl (C=O) groups excluding carboxylic acids is 2. The zero-order valence-electron chi connectivity index (χ0n) is 37.1. The molecule has 2 aromatic carbocycles. The number of anilines is 2. The van der Waals surface area contributed by atoms with Gasteiger partial charge in [-0.2, -0.15) is 18.6 Å². The van der Waals surface area contributed by atoms with E-state index in [2.05, 4.69) is 52.2 Å². The van der Waals surface area contributed by atoms with Crippen molar-refractivity contribution < 1.29 is 56.0 Å². The van der Waals surface area contributed by atoms with Gasteiger partial charge in [-0.25, -0.2) is 17.9 Å². The number of urea groups is 2. The van der Waals surface area contributed by atoms with Crippen LogP contribution in [-0.2, 0) is 85.5 Å². The number of fused-ring (bicyclic) bond motifs is 4. The molecule has 2 saturated heterocycles. The van der Waals surface area contributed by atoms with E-state index in [4.69, 9.17) is 0 Å². The minimum absolute atomic E-state index is 0. The zero-order valence-corrected chi connectivity index (χ0v) is 40.7. The Hall–Kier alpha value is -3.78. The van der Waals surface area contributed by atoms with E-state index in [1.165, 1.54) is 28.3 Å². The van der Waals surface area contributed by atoms with E-state index in [9.17, 15) is 26.4 Å². The number of hydrogen-bond donors (Lipinski definition) is 3. The summed E-state index contributed by atoms with van der Waals surface area (Å²) in [6.45, 7) is 8.07. The smallest absolute Gasteiger partial charge is 0.423 e. The molecule has 332 valence electrons. The van der Waals surface area contributed by atoms with Crippen molar-refractivity contribution in [2.24, 2.45) is 14.1 Å². The average Bonchev–Trinajstić information content (AvgIpc) is 4.02. The maximum Gasteiger partial charge on any atom is 1.00 e. The van der Waals surface area contributed by atoms with Gasteiger partial charge in [-0.05, 0) is 154 Å². The zero-order chi connectivity index (χ0) is 43.5. The van der Waals surface area contributed by atoms with Crippen molar-refractivity contribution in [3.63, 3.8) is 0 Å². The molecule has 19 heteroatoms. The van der Waals surface area contributed by atoms with E-state index < -0.39 is 32.1 Å². The molecule has 2 aromatic heterocycles. The van der Waals surface area contributed by atoms with Crippen LogP contribution in [0.1, 0.15) is 120 Å². The number of hydrogen-bond acceptors (Lipinski definition) is 10. The second kappa shape index (κ2) is 18.2. The second-order valence-electron chi connectivity index (χ2n) is 17.7. The van der Waals surface area contributed by atoms with E-state index in [1.54, 1.807) is 29.5 Å². The summed E-state index contributed by atoms with van der Waals surface area (Å²) in [5, 5.41) is 13.7. The van der Waals surface area contributed by atoms with E-state index in [0.717, 1.165) is 161 Å². The summed E-state index contributed by atoms with van der Waals surface area (Å²) in [5.41, 5.74) is 13.0. The molecular formula is C44H57N10NaO6S2. The molecule has 0 saturated carbocycles. The van der Waals surface area contributed by atoms with Gasteiger partial charge in [0.1, 0.15) is 0 Å². The third-order valence-corrected chi connectivity index (χ3v) is 16.2. The molecule has 4 heterocycles. The minimum Gasteiger partial charge on any atom is -0.423 e. The van der Waals surface area contributed by atoms with Gasteiger partial charge in [-0.15, -0.1) is 0 Å². The number of aryl methyl sites for hydroxylation is 6. The third-order valence-electron chi connectivity index (χ3n) is 13.9. The van der Waals surface area contributed by atoms with Gasteiger partial charge in [0, 0.05) is 70.2 Å². The summed E-state index contributed by atoms with van der Waals surface area (Å²) in [6, 6.07) is 6.22. The second-order valence-corrected chi connectivity index (χ2v) is 20.9. The van der Waals surface area contributed by atoms with Crippen molar-refractivity contribution in [2.75, 3.05) is 36.8 Å². The number of benzene rings is 2. The molecule has 16 nitrogen and oxygen atoms in total. The van der Waals surface area contributed by atoms with Crippen LogP contribution in [0, 0.1) is 0 Å². The number of sulfonamides is 2. The molecule has 2 atom stereocenters. The van der Waals surface area contributed by atoms with Crippen LogP contribution in [0.3, 0.4) is 0 Å². The maximum absolute atomic E-state index is 12.9. The Morgan fingerprint density at radius 3 is 1.40 bits per heavy atom. The molecule has 6 aliphatic rings. The quantitative estimate of drug-likeness (QED) is 0.199. The first-order valence-corrected chi connectivity index (χ1v) is 25.1. The number of amides is 4. The Morgan fingerprint density at radius 1 is 0.587 bits per heavy atom. The molecule has 63 heavy (non-hydrogen) atoms. The predicted octanol–water partition coefficient (Wildman–Crippen LogP) is 3.14. The molecule has 0 spiro atoms. The Labute approximate surface area is 392 Å². The van der Waals surface area contributed by atoms with Crippen LogP contribution < -0.4 is 44.9 Å². The molecule has 4 aromatic rings. The molecule has 2 unspecified atom stereocenters. The van der Waals surface area contributed by atoms with Crippen LogP contribution in [0.15, 0.2) is 34.3 Å². The molecule has 2 fully saturated rings. The molecular weight excluding hydrogens is 852 g/mol. The largest absolute Gasteiger partial charge is 1.00 e. The van der Waals surface area contributed by atoms with Crippen molar-refractivity contribution in [1.82, 2.24) is 34.1 Å². The van der Waals surface area contributed by atoms with Crippen LogP contribution in [0.25, 0.3) is 4.72 Å². The first kappa shape index (κ1) is 45.8. The molecule has 4 amide bonds. The standard InChI is InChI=1S/2C22H29N5O3S.Na/c2*1-14(27-10-5-11-27)19-13-20(24-26(19)2)31(29,30)25-22(28)23-21-17-8-3-6-15(17)12-16-7-4-9-18(16)21;/h2*12-14H,3-11H2,1-2H3,(H2,23,25,28);/q;;+1/p-1. The van der Waals surface area contributed by atoms with Crippen LogP contribution >= 0.6 is 0 Å². The van der Waals surface area contributed by atoms with Gasteiger partial charge in [0.25, 0.3) is 10.0 Å². The minimum atomic E-state index is -4.19. The Bertz CT molecular complexity index is 2430. The Morgan fingerprint density at radius 2 is 0.984 bits per heavy atom. The third kappa shape index (κ3) is 9.10. The molecule has 3 N–H and O–H groups in total. The van der Waals surface area contributed by atoms with E-state index in [1.807, 2.05) is 13.8 Å². The van der Waals surface area contributed by atoms with E-state index in [-0.39, 0.29) is 51.7 Å². The fourth-order valence-corrected chi connectivity index (χ4v) is 12.1. The maximum atomic E-state index is 12.9. The van der Waals surface area contributed by atoms with E-state index >= 15 is 0 Å². The van der Waals surface area contributed by atoms with Crippen molar-refractivity contribution in [1.29, 1.82) is 0 Å². The van der Waals surface area contributed by atoms with Crippen molar-refractivity contribution >= 4 is 43.5 Å². The topological polar surface area (TPSA) is 195 Å². The molecule has 4 aliphatic carbocycles. The van der Waals surface area contributed by atoms with E-state index in [0.29, 0.717) is 0 Å². The monoisotopic (exact) mass is 908 g/mol. The van der Waals surface area contributed by atoms with Crippen molar-refractivity contribution in [2.45, 2.75) is 126 Å². The summed E-state index contributed by atoms with van der Waals surface area (Å²) >= 11 is 0. The summed E-state index contributed by atoms with van der Waals surface area (Å²) in [5.74, 6) is 0. The van der Waals surface area contributed by atoms with Crippen LogP contribution in [0.5, 0.6) is 0 Å². The van der Waals surface area contributed by atoms with Crippen LogP contribution in [0.2, 0.25) is 0 Å². The first-order valence-electron chi connectivity index (χ1n) is 22.2. The number of likely N-dealkylation sites (tertiary alicyclic amines) is 2.